The van der Waals surface area contributed by atoms with E-state index in [0.29, 0.717) is 22.6 Å². The number of aryl methyl sites for hydroxylation is 1. The molecule has 0 aliphatic carbocycles. The van der Waals surface area contributed by atoms with Crippen molar-refractivity contribution in [2.45, 2.75) is 6.92 Å². The first-order valence-corrected chi connectivity index (χ1v) is 8.36. The van der Waals surface area contributed by atoms with Gasteiger partial charge in [0.2, 0.25) is 0 Å². The van der Waals surface area contributed by atoms with Gasteiger partial charge in [0.15, 0.2) is 0 Å². The van der Waals surface area contributed by atoms with Gasteiger partial charge in [-0.25, -0.2) is 9.78 Å². The van der Waals surface area contributed by atoms with E-state index in [1.165, 1.54) is 7.11 Å². The van der Waals surface area contributed by atoms with Gasteiger partial charge in [0.25, 0.3) is 5.91 Å². The Morgan fingerprint density at radius 1 is 0.963 bits per heavy atom. The summed E-state index contributed by atoms with van der Waals surface area (Å²) in [6, 6.07) is 17.8. The zero-order valence-corrected chi connectivity index (χ0v) is 15.0. The van der Waals surface area contributed by atoms with Crippen molar-refractivity contribution in [1.82, 2.24) is 4.98 Å². The number of methoxy groups -OCH3 is 1. The van der Waals surface area contributed by atoms with Gasteiger partial charge < -0.3 is 15.4 Å². The van der Waals surface area contributed by atoms with Gasteiger partial charge >= 0.3 is 5.97 Å². The predicted octanol–water partition coefficient (Wildman–Crippen LogP) is 4.17. The lowest BCUT2D eigenvalue weighted by Gasteiger charge is -2.11. The maximum absolute atomic E-state index is 12.6. The van der Waals surface area contributed by atoms with E-state index < -0.39 is 5.97 Å². The first-order valence-electron chi connectivity index (χ1n) is 8.36. The molecule has 6 nitrogen and oxygen atoms in total. The van der Waals surface area contributed by atoms with Crippen LogP contribution in [0.4, 0.5) is 17.2 Å². The number of amides is 1. The average molecular weight is 361 g/mol. The lowest BCUT2D eigenvalue weighted by Crippen LogP contribution is -2.15. The minimum Gasteiger partial charge on any atom is -0.465 e. The molecule has 0 aliphatic heterocycles. The minimum absolute atomic E-state index is 0.292. The van der Waals surface area contributed by atoms with Gasteiger partial charge in [-0.3, -0.25) is 4.79 Å². The topological polar surface area (TPSA) is 80.3 Å². The largest absolute Gasteiger partial charge is 0.465 e. The molecule has 3 rings (SSSR count). The number of hydrogen-bond donors (Lipinski definition) is 2. The summed E-state index contributed by atoms with van der Waals surface area (Å²) in [6.07, 6.45) is 1.56. The van der Waals surface area contributed by atoms with Gasteiger partial charge in [-0.05, 0) is 42.8 Å². The second-order valence-corrected chi connectivity index (χ2v) is 5.86. The minimum atomic E-state index is -0.512. The number of aromatic nitrogens is 1. The Morgan fingerprint density at radius 3 is 2.41 bits per heavy atom. The molecule has 1 heterocycles. The molecule has 2 N–H and O–H groups in total. The van der Waals surface area contributed by atoms with Crippen LogP contribution in [-0.2, 0) is 4.74 Å². The smallest absolute Gasteiger partial charge is 0.339 e. The first-order chi connectivity index (χ1) is 13.1. The summed E-state index contributed by atoms with van der Waals surface area (Å²) in [7, 11) is 1.30. The molecule has 6 heteroatoms. The number of pyridine rings is 1. The second kappa shape index (κ2) is 8.14. The number of hydrogen-bond acceptors (Lipinski definition) is 5. The normalized spacial score (nSPS) is 10.1. The third-order valence-electron chi connectivity index (χ3n) is 4.01. The Labute approximate surface area is 157 Å². The Bertz CT molecular complexity index is 986. The molecule has 0 atom stereocenters. The van der Waals surface area contributed by atoms with E-state index >= 15 is 0 Å². The van der Waals surface area contributed by atoms with Crippen molar-refractivity contribution >= 4 is 29.1 Å². The van der Waals surface area contributed by atoms with Crippen LogP contribution in [0, 0.1) is 6.92 Å². The maximum atomic E-state index is 12.6. The molecule has 0 spiro atoms. The Hall–Kier alpha value is -3.67. The molecule has 0 radical (unpaired) electrons. The third kappa shape index (κ3) is 4.30. The Balaban J connectivity index is 1.81. The van der Waals surface area contributed by atoms with Crippen molar-refractivity contribution in [3.8, 4) is 0 Å². The highest BCUT2D eigenvalue weighted by Gasteiger charge is 2.14. The second-order valence-electron chi connectivity index (χ2n) is 5.86. The fourth-order valence-electron chi connectivity index (χ4n) is 2.57. The molecule has 0 bridgehead atoms. The number of anilines is 3. The van der Waals surface area contributed by atoms with Crippen LogP contribution in [0.15, 0.2) is 66.9 Å². The van der Waals surface area contributed by atoms with Gasteiger partial charge in [0.05, 0.1) is 18.4 Å². The highest BCUT2D eigenvalue weighted by Crippen LogP contribution is 2.21. The standard InChI is InChI=1S/C21H19N3O3/c1-14-7-3-5-9-17(14)23-19-13-15(11-12-22-19)20(25)24-18-10-6-4-8-16(18)21(26)27-2/h3-13H,1-2H3,(H,22,23)(H,24,25). The number of ether oxygens (including phenoxy) is 1. The summed E-state index contributed by atoms with van der Waals surface area (Å²) in [5, 5.41) is 5.95. The summed E-state index contributed by atoms with van der Waals surface area (Å²) in [5.74, 6) is -0.303. The summed E-state index contributed by atoms with van der Waals surface area (Å²) >= 11 is 0. The van der Waals surface area contributed by atoms with Crippen LogP contribution < -0.4 is 10.6 Å². The number of esters is 1. The molecule has 3 aromatic rings. The van der Waals surface area contributed by atoms with Crippen molar-refractivity contribution < 1.29 is 14.3 Å². The van der Waals surface area contributed by atoms with Crippen molar-refractivity contribution in [1.29, 1.82) is 0 Å². The summed E-state index contributed by atoms with van der Waals surface area (Å²) in [5.41, 5.74) is 3.08. The van der Waals surface area contributed by atoms with Gasteiger partial charge in [0.1, 0.15) is 5.82 Å². The van der Waals surface area contributed by atoms with Crippen LogP contribution in [0.5, 0.6) is 0 Å². The lowest BCUT2D eigenvalue weighted by atomic mass is 10.1. The zero-order valence-electron chi connectivity index (χ0n) is 15.0. The molecule has 0 saturated heterocycles. The highest BCUT2D eigenvalue weighted by molar-refractivity contribution is 6.08. The highest BCUT2D eigenvalue weighted by atomic mass is 16.5. The van der Waals surface area contributed by atoms with Crippen LogP contribution in [0.3, 0.4) is 0 Å². The van der Waals surface area contributed by atoms with Crippen molar-refractivity contribution in [2.75, 3.05) is 17.7 Å². The molecule has 0 aliphatic rings. The zero-order chi connectivity index (χ0) is 19.2. The SMILES string of the molecule is COC(=O)c1ccccc1NC(=O)c1ccnc(Nc2ccccc2C)c1. The molecule has 27 heavy (non-hydrogen) atoms. The van der Waals surface area contributed by atoms with Gasteiger partial charge in [0, 0.05) is 17.4 Å². The molecule has 0 unspecified atom stereocenters. The van der Waals surface area contributed by atoms with Gasteiger partial charge in [-0.2, -0.15) is 0 Å². The van der Waals surface area contributed by atoms with E-state index in [-0.39, 0.29) is 5.91 Å². The quantitative estimate of drug-likeness (QED) is 0.667. The van der Waals surface area contributed by atoms with Crippen molar-refractivity contribution in [3.05, 3.63) is 83.6 Å². The van der Waals surface area contributed by atoms with Crippen LogP contribution >= 0.6 is 0 Å². The molecule has 1 aromatic heterocycles. The van der Waals surface area contributed by atoms with E-state index in [0.717, 1.165) is 11.3 Å². The predicted molar refractivity (Wildman–Crippen MR) is 104 cm³/mol. The van der Waals surface area contributed by atoms with E-state index in [1.807, 2.05) is 31.2 Å². The van der Waals surface area contributed by atoms with Crippen molar-refractivity contribution in [3.63, 3.8) is 0 Å². The monoisotopic (exact) mass is 361 g/mol. The van der Waals surface area contributed by atoms with E-state index in [4.69, 9.17) is 4.74 Å². The average Bonchev–Trinajstić information content (AvgIpc) is 2.70. The van der Waals surface area contributed by atoms with E-state index in [9.17, 15) is 9.59 Å². The van der Waals surface area contributed by atoms with Crippen LogP contribution in [0.1, 0.15) is 26.3 Å². The van der Waals surface area contributed by atoms with Gasteiger partial charge in [-0.15, -0.1) is 0 Å². The molecule has 0 saturated carbocycles. The number of rotatable bonds is 5. The molecule has 136 valence electrons. The van der Waals surface area contributed by atoms with Crippen LogP contribution in [-0.4, -0.2) is 24.0 Å². The fourth-order valence-corrected chi connectivity index (χ4v) is 2.57. The number of benzene rings is 2. The van der Waals surface area contributed by atoms with Crippen LogP contribution in [0.2, 0.25) is 0 Å². The van der Waals surface area contributed by atoms with Gasteiger partial charge in [-0.1, -0.05) is 30.3 Å². The fraction of sp³-hybridized carbons (Fsp3) is 0.0952. The molecular formula is C21H19N3O3. The molecule has 2 aromatic carbocycles. The van der Waals surface area contributed by atoms with Crippen LogP contribution in [0.25, 0.3) is 0 Å². The summed E-state index contributed by atoms with van der Waals surface area (Å²) in [4.78, 5) is 28.7. The number of para-hydroxylation sites is 2. The Kier molecular flexibility index (Phi) is 5.47. The number of carbonyl (C=O) groups excluding carboxylic acids is 2. The molecular weight excluding hydrogens is 342 g/mol. The Morgan fingerprint density at radius 2 is 1.67 bits per heavy atom. The molecule has 0 fully saturated rings. The molecule has 1 amide bonds. The van der Waals surface area contributed by atoms with Crippen molar-refractivity contribution in [2.24, 2.45) is 0 Å². The lowest BCUT2D eigenvalue weighted by molar-refractivity contribution is 0.0602. The first kappa shape index (κ1) is 18.1. The maximum Gasteiger partial charge on any atom is 0.339 e. The van der Waals surface area contributed by atoms with E-state index in [1.54, 1.807) is 42.6 Å². The summed E-state index contributed by atoms with van der Waals surface area (Å²) < 4.78 is 4.75. The number of carbonyl (C=O) groups is 2. The number of nitrogens with zero attached hydrogens (tertiary/aromatic N) is 1. The third-order valence-corrected chi connectivity index (χ3v) is 4.01. The van der Waals surface area contributed by atoms with E-state index in [2.05, 4.69) is 15.6 Å². The number of nitrogens with one attached hydrogen (secondary N) is 2. The summed E-state index contributed by atoms with van der Waals surface area (Å²) in [6.45, 7) is 1.99.